The highest BCUT2D eigenvalue weighted by Crippen LogP contribution is 2.27. The van der Waals surface area contributed by atoms with Crippen LogP contribution in [0.5, 0.6) is 0 Å². The van der Waals surface area contributed by atoms with Crippen molar-refractivity contribution in [3.05, 3.63) is 41.1 Å². The van der Waals surface area contributed by atoms with E-state index in [1.807, 2.05) is 7.05 Å². The third-order valence-corrected chi connectivity index (χ3v) is 3.49. The van der Waals surface area contributed by atoms with Crippen molar-refractivity contribution in [2.45, 2.75) is 19.8 Å². The molecule has 2 aromatic heterocycles. The van der Waals surface area contributed by atoms with Crippen molar-refractivity contribution < 1.29 is 4.39 Å². The van der Waals surface area contributed by atoms with E-state index in [2.05, 4.69) is 27.3 Å². The maximum absolute atomic E-state index is 13.0. The zero-order valence-corrected chi connectivity index (χ0v) is 13.0. The molecule has 0 saturated carbocycles. The van der Waals surface area contributed by atoms with Gasteiger partial charge in [0.25, 0.3) is 0 Å². The molecule has 0 aliphatic rings. The first-order chi connectivity index (χ1) is 10.6. The zero-order valence-electron chi connectivity index (χ0n) is 12.3. The van der Waals surface area contributed by atoms with Crippen molar-refractivity contribution in [3.63, 3.8) is 0 Å². The topological polar surface area (TPSA) is 55.6 Å². The van der Waals surface area contributed by atoms with Crippen molar-refractivity contribution in [2.24, 2.45) is 7.05 Å². The number of aryl methyl sites for hydroxylation is 2. The van der Waals surface area contributed by atoms with E-state index >= 15 is 0 Å². The Morgan fingerprint density at radius 1 is 1.23 bits per heavy atom. The van der Waals surface area contributed by atoms with E-state index in [0.717, 1.165) is 35.3 Å². The third kappa shape index (κ3) is 2.74. The van der Waals surface area contributed by atoms with E-state index < -0.39 is 0 Å². The van der Waals surface area contributed by atoms with Crippen LogP contribution in [0.2, 0.25) is 5.28 Å². The van der Waals surface area contributed by atoms with Crippen LogP contribution in [0.4, 0.5) is 15.9 Å². The smallest absolute Gasteiger partial charge is 0.225 e. The number of rotatable bonds is 4. The van der Waals surface area contributed by atoms with Gasteiger partial charge in [-0.3, -0.25) is 4.68 Å². The van der Waals surface area contributed by atoms with Gasteiger partial charge >= 0.3 is 0 Å². The van der Waals surface area contributed by atoms with Crippen LogP contribution in [0.15, 0.2) is 24.3 Å². The quantitative estimate of drug-likeness (QED) is 0.742. The summed E-state index contributed by atoms with van der Waals surface area (Å²) < 4.78 is 14.7. The lowest BCUT2D eigenvalue weighted by Crippen LogP contribution is -2.00. The Hall–Kier alpha value is -2.21. The molecular weight excluding hydrogens is 305 g/mol. The number of hydrogen-bond donors (Lipinski definition) is 1. The number of halogens is 2. The van der Waals surface area contributed by atoms with Gasteiger partial charge < -0.3 is 5.32 Å². The molecule has 1 N–H and O–H groups in total. The summed E-state index contributed by atoms with van der Waals surface area (Å²) in [5, 5.41) is 7.80. The van der Waals surface area contributed by atoms with E-state index in [4.69, 9.17) is 11.6 Å². The molecule has 0 radical (unpaired) electrons. The summed E-state index contributed by atoms with van der Waals surface area (Å²) in [7, 11) is 1.84. The molecule has 0 saturated heterocycles. The minimum absolute atomic E-state index is 0.155. The summed E-state index contributed by atoms with van der Waals surface area (Å²) in [6, 6.07) is 6.04. The van der Waals surface area contributed by atoms with E-state index in [1.165, 1.54) is 12.1 Å². The molecule has 5 nitrogen and oxygen atoms in total. The number of anilines is 2. The molecule has 114 valence electrons. The fourth-order valence-electron chi connectivity index (χ4n) is 2.38. The second-order valence-corrected chi connectivity index (χ2v) is 5.33. The molecule has 0 atom stereocenters. The van der Waals surface area contributed by atoms with Gasteiger partial charge in [0, 0.05) is 12.7 Å². The molecule has 0 amide bonds. The second kappa shape index (κ2) is 5.88. The average molecular weight is 320 g/mol. The van der Waals surface area contributed by atoms with Gasteiger partial charge in [-0.2, -0.15) is 10.1 Å². The van der Waals surface area contributed by atoms with Gasteiger partial charge in [0.15, 0.2) is 5.82 Å². The fourth-order valence-corrected chi connectivity index (χ4v) is 2.55. The lowest BCUT2D eigenvalue weighted by Gasteiger charge is -2.08. The molecule has 3 aromatic rings. The Balaban J connectivity index is 2.10. The largest absolute Gasteiger partial charge is 0.338 e. The number of benzene rings is 1. The normalized spacial score (nSPS) is 11.1. The molecule has 1 aromatic carbocycles. The van der Waals surface area contributed by atoms with Crippen molar-refractivity contribution >= 4 is 34.1 Å². The van der Waals surface area contributed by atoms with Crippen molar-refractivity contribution in [1.82, 2.24) is 19.7 Å². The van der Waals surface area contributed by atoms with Crippen LogP contribution in [0.3, 0.4) is 0 Å². The molecule has 0 aliphatic carbocycles. The van der Waals surface area contributed by atoms with Crippen LogP contribution in [-0.4, -0.2) is 19.7 Å². The average Bonchev–Trinajstić information content (AvgIpc) is 2.78. The van der Waals surface area contributed by atoms with Crippen LogP contribution in [0, 0.1) is 5.82 Å². The standard InChI is InChI=1S/C15H15ClFN5/c1-3-4-11-12-13(22(2)21-11)14(20-15(16)19-12)18-10-7-5-9(17)6-8-10/h5-8H,3-4H2,1-2H3,(H,18,19,20). The molecule has 0 unspecified atom stereocenters. The first-order valence-electron chi connectivity index (χ1n) is 7.00. The third-order valence-electron chi connectivity index (χ3n) is 3.32. The highest BCUT2D eigenvalue weighted by molar-refractivity contribution is 6.28. The van der Waals surface area contributed by atoms with Crippen LogP contribution in [-0.2, 0) is 13.5 Å². The SMILES string of the molecule is CCCc1nn(C)c2c(Nc3ccc(F)cc3)nc(Cl)nc12. The predicted molar refractivity (Wildman–Crippen MR) is 85.0 cm³/mol. The Kier molecular flexibility index (Phi) is 3.94. The molecule has 0 fully saturated rings. The Labute approximate surface area is 132 Å². The van der Waals surface area contributed by atoms with Crippen LogP contribution < -0.4 is 5.32 Å². The molecule has 3 rings (SSSR count). The number of aromatic nitrogens is 4. The summed E-state index contributed by atoms with van der Waals surface area (Å²) in [5.74, 6) is 0.265. The molecule has 7 heteroatoms. The summed E-state index contributed by atoms with van der Waals surface area (Å²) >= 11 is 6.04. The Morgan fingerprint density at radius 3 is 2.64 bits per heavy atom. The Bertz CT molecular complexity index is 813. The van der Waals surface area contributed by atoms with E-state index in [0.29, 0.717) is 5.82 Å². The van der Waals surface area contributed by atoms with Crippen LogP contribution in [0.25, 0.3) is 11.0 Å². The highest BCUT2D eigenvalue weighted by Gasteiger charge is 2.16. The predicted octanol–water partition coefficient (Wildman–Crippen LogP) is 3.85. The summed E-state index contributed by atoms with van der Waals surface area (Å²) in [4.78, 5) is 8.54. The van der Waals surface area contributed by atoms with Gasteiger partial charge in [-0.15, -0.1) is 0 Å². The minimum atomic E-state index is -0.290. The fraction of sp³-hybridized carbons (Fsp3) is 0.267. The first kappa shape index (κ1) is 14.7. The monoisotopic (exact) mass is 319 g/mol. The number of fused-ring (bicyclic) bond motifs is 1. The van der Waals surface area contributed by atoms with Gasteiger partial charge in [0.1, 0.15) is 16.9 Å². The first-order valence-corrected chi connectivity index (χ1v) is 7.38. The van der Waals surface area contributed by atoms with Gasteiger partial charge in [0.2, 0.25) is 5.28 Å². The van der Waals surface area contributed by atoms with E-state index in [1.54, 1.807) is 16.8 Å². The van der Waals surface area contributed by atoms with Gasteiger partial charge in [-0.25, -0.2) is 9.37 Å². The summed E-state index contributed by atoms with van der Waals surface area (Å²) in [5.41, 5.74) is 3.13. The van der Waals surface area contributed by atoms with Crippen LogP contribution >= 0.6 is 11.6 Å². The van der Waals surface area contributed by atoms with Crippen LogP contribution in [0.1, 0.15) is 19.0 Å². The van der Waals surface area contributed by atoms with Gasteiger partial charge in [-0.1, -0.05) is 13.3 Å². The van der Waals surface area contributed by atoms with Crippen molar-refractivity contribution in [3.8, 4) is 0 Å². The summed E-state index contributed by atoms with van der Waals surface area (Å²) in [6.45, 7) is 2.08. The second-order valence-electron chi connectivity index (χ2n) is 4.99. The molecule has 2 heterocycles. The Morgan fingerprint density at radius 2 is 1.95 bits per heavy atom. The number of nitrogens with one attached hydrogen (secondary N) is 1. The lowest BCUT2D eigenvalue weighted by atomic mass is 10.2. The van der Waals surface area contributed by atoms with Gasteiger partial charge in [-0.05, 0) is 42.3 Å². The maximum atomic E-state index is 13.0. The lowest BCUT2D eigenvalue weighted by molar-refractivity contribution is 0.628. The molecule has 0 spiro atoms. The minimum Gasteiger partial charge on any atom is -0.338 e. The van der Waals surface area contributed by atoms with Gasteiger partial charge in [0.05, 0.1) is 5.69 Å². The molecule has 0 bridgehead atoms. The van der Waals surface area contributed by atoms with Crippen molar-refractivity contribution in [1.29, 1.82) is 0 Å². The maximum Gasteiger partial charge on any atom is 0.225 e. The molecule has 0 aliphatic heterocycles. The molecular formula is C15H15ClFN5. The molecule has 22 heavy (non-hydrogen) atoms. The van der Waals surface area contributed by atoms with E-state index in [-0.39, 0.29) is 11.1 Å². The number of nitrogens with zero attached hydrogens (tertiary/aromatic N) is 4. The summed E-state index contributed by atoms with van der Waals surface area (Å²) in [6.07, 6.45) is 1.79. The van der Waals surface area contributed by atoms with E-state index in [9.17, 15) is 4.39 Å². The van der Waals surface area contributed by atoms with Crippen molar-refractivity contribution in [2.75, 3.05) is 5.32 Å². The highest BCUT2D eigenvalue weighted by atomic mass is 35.5. The zero-order chi connectivity index (χ0) is 15.7. The number of hydrogen-bond acceptors (Lipinski definition) is 4.